The van der Waals surface area contributed by atoms with Gasteiger partial charge in [0.25, 0.3) is 0 Å². The van der Waals surface area contributed by atoms with E-state index >= 15 is 0 Å². The topological polar surface area (TPSA) is 58.2 Å². The number of hydrogen-bond donors (Lipinski definition) is 2. The molecule has 6 heteroatoms. The molecular formula is C11H18N2O2S2. The van der Waals surface area contributed by atoms with Crippen molar-refractivity contribution in [2.45, 2.75) is 42.5 Å². The van der Waals surface area contributed by atoms with E-state index < -0.39 is 10.0 Å². The fourth-order valence-corrected chi connectivity index (χ4v) is 4.78. The summed E-state index contributed by atoms with van der Waals surface area (Å²) in [4.78, 5) is 1.04. The van der Waals surface area contributed by atoms with E-state index in [1.165, 1.54) is 11.3 Å². The summed E-state index contributed by atoms with van der Waals surface area (Å²) >= 11 is 1.33. The Kier molecular flexibility index (Phi) is 4.19. The third kappa shape index (κ3) is 3.28. The molecular weight excluding hydrogens is 256 g/mol. The summed E-state index contributed by atoms with van der Waals surface area (Å²) in [7, 11) is -1.45. The van der Waals surface area contributed by atoms with Crippen LogP contribution in [0.25, 0.3) is 0 Å². The molecule has 0 bridgehead atoms. The second-order valence-corrected chi connectivity index (χ2v) is 7.46. The molecule has 1 aliphatic carbocycles. The molecule has 1 heterocycles. The quantitative estimate of drug-likeness (QED) is 0.859. The summed E-state index contributed by atoms with van der Waals surface area (Å²) in [6.07, 6.45) is 4.19. The molecule has 2 rings (SSSR count). The van der Waals surface area contributed by atoms with E-state index in [-0.39, 0.29) is 6.04 Å². The molecule has 1 fully saturated rings. The predicted octanol–water partition coefficient (Wildman–Crippen LogP) is 1.69. The van der Waals surface area contributed by atoms with Gasteiger partial charge >= 0.3 is 0 Å². The molecule has 17 heavy (non-hydrogen) atoms. The smallest absolute Gasteiger partial charge is 0.250 e. The molecule has 1 aromatic heterocycles. The van der Waals surface area contributed by atoms with Gasteiger partial charge in [-0.2, -0.15) is 0 Å². The summed E-state index contributed by atoms with van der Waals surface area (Å²) in [5.41, 5.74) is 0. The average molecular weight is 274 g/mol. The zero-order chi connectivity index (χ0) is 12.3. The molecule has 4 nitrogen and oxygen atoms in total. The number of sulfonamides is 1. The van der Waals surface area contributed by atoms with Gasteiger partial charge in [-0.25, -0.2) is 13.1 Å². The molecule has 1 saturated carbocycles. The molecule has 0 unspecified atom stereocenters. The molecule has 1 aliphatic rings. The Hall–Kier alpha value is -0.430. The largest absolute Gasteiger partial charge is 0.315 e. The van der Waals surface area contributed by atoms with Crippen LogP contribution in [0.2, 0.25) is 0 Å². The van der Waals surface area contributed by atoms with E-state index in [2.05, 4.69) is 10.0 Å². The summed E-state index contributed by atoms with van der Waals surface area (Å²) < 4.78 is 27.4. The fourth-order valence-electron chi connectivity index (χ4n) is 2.09. The Morgan fingerprint density at radius 3 is 2.71 bits per heavy atom. The Bertz CT molecular complexity index is 462. The molecule has 0 spiro atoms. The van der Waals surface area contributed by atoms with Gasteiger partial charge in [-0.3, -0.25) is 0 Å². The van der Waals surface area contributed by atoms with Gasteiger partial charge in [0.2, 0.25) is 10.0 Å². The van der Waals surface area contributed by atoms with Crippen LogP contribution in [0.15, 0.2) is 16.3 Å². The highest BCUT2D eigenvalue weighted by Crippen LogP contribution is 2.24. The Morgan fingerprint density at radius 2 is 2.06 bits per heavy atom. The first kappa shape index (κ1) is 13.0. The van der Waals surface area contributed by atoms with Crippen molar-refractivity contribution < 1.29 is 8.42 Å². The van der Waals surface area contributed by atoms with Crippen molar-refractivity contribution in [3.63, 3.8) is 0 Å². The minimum Gasteiger partial charge on any atom is -0.315 e. The number of nitrogens with one attached hydrogen (secondary N) is 2. The lowest BCUT2D eigenvalue weighted by Gasteiger charge is -2.10. The van der Waals surface area contributed by atoms with Crippen LogP contribution in [-0.2, 0) is 16.6 Å². The van der Waals surface area contributed by atoms with Gasteiger partial charge in [-0.15, -0.1) is 11.3 Å². The molecule has 1 aromatic rings. The third-order valence-electron chi connectivity index (χ3n) is 2.93. The van der Waals surface area contributed by atoms with E-state index in [9.17, 15) is 8.42 Å². The van der Waals surface area contributed by atoms with Crippen molar-refractivity contribution in [1.29, 1.82) is 0 Å². The van der Waals surface area contributed by atoms with Gasteiger partial charge in [-0.1, -0.05) is 12.8 Å². The van der Waals surface area contributed by atoms with Crippen molar-refractivity contribution in [3.05, 3.63) is 17.0 Å². The van der Waals surface area contributed by atoms with Crippen LogP contribution in [-0.4, -0.2) is 21.5 Å². The standard InChI is InChI=1S/C11H18N2O2S2/c1-12-8-10-6-7-11(16-10)17(14,15)13-9-4-2-3-5-9/h6-7,9,12-13H,2-5,8H2,1H3. The van der Waals surface area contributed by atoms with E-state index in [4.69, 9.17) is 0 Å². The third-order valence-corrected chi connectivity index (χ3v) is 6.03. The summed E-state index contributed by atoms with van der Waals surface area (Å²) in [5, 5.41) is 3.02. The lowest BCUT2D eigenvalue weighted by Crippen LogP contribution is -2.32. The van der Waals surface area contributed by atoms with Gasteiger partial charge in [0.15, 0.2) is 0 Å². The van der Waals surface area contributed by atoms with E-state index in [0.717, 1.165) is 30.6 Å². The minimum atomic E-state index is -3.30. The van der Waals surface area contributed by atoms with Gasteiger partial charge < -0.3 is 5.32 Å². The zero-order valence-corrected chi connectivity index (χ0v) is 11.5. The molecule has 0 radical (unpaired) electrons. The SMILES string of the molecule is CNCc1ccc(S(=O)(=O)NC2CCCC2)s1. The van der Waals surface area contributed by atoms with Crippen LogP contribution in [0.1, 0.15) is 30.6 Å². The predicted molar refractivity (Wildman–Crippen MR) is 69.7 cm³/mol. The maximum atomic E-state index is 12.1. The lowest BCUT2D eigenvalue weighted by molar-refractivity contribution is 0.554. The molecule has 0 saturated heterocycles. The molecule has 0 aliphatic heterocycles. The van der Waals surface area contributed by atoms with Crippen LogP contribution in [0.5, 0.6) is 0 Å². The van der Waals surface area contributed by atoms with Crippen molar-refractivity contribution in [1.82, 2.24) is 10.0 Å². The Labute approximate surface area is 106 Å². The molecule has 0 atom stereocenters. The monoisotopic (exact) mass is 274 g/mol. The summed E-state index contributed by atoms with van der Waals surface area (Å²) in [6.45, 7) is 0.712. The van der Waals surface area contributed by atoms with Gasteiger partial charge in [0.05, 0.1) is 0 Å². The van der Waals surface area contributed by atoms with Crippen LogP contribution < -0.4 is 10.0 Å². The second-order valence-electron chi connectivity index (χ2n) is 4.35. The van der Waals surface area contributed by atoms with Crippen LogP contribution in [0.4, 0.5) is 0 Å². The van der Waals surface area contributed by atoms with Crippen molar-refractivity contribution in [3.8, 4) is 0 Å². The maximum Gasteiger partial charge on any atom is 0.250 e. The van der Waals surface area contributed by atoms with E-state index in [1.54, 1.807) is 6.07 Å². The lowest BCUT2D eigenvalue weighted by atomic mass is 10.3. The molecule has 2 N–H and O–H groups in total. The second kappa shape index (κ2) is 5.48. The highest BCUT2D eigenvalue weighted by Gasteiger charge is 2.23. The minimum absolute atomic E-state index is 0.134. The fraction of sp³-hybridized carbons (Fsp3) is 0.636. The van der Waals surface area contributed by atoms with Crippen molar-refractivity contribution in [2.24, 2.45) is 0 Å². The van der Waals surface area contributed by atoms with Crippen molar-refractivity contribution >= 4 is 21.4 Å². The highest BCUT2D eigenvalue weighted by atomic mass is 32.2. The average Bonchev–Trinajstić information content (AvgIpc) is 2.88. The van der Waals surface area contributed by atoms with Crippen molar-refractivity contribution in [2.75, 3.05) is 7.05 Å². The van der Waals surface area contributed by atoms with Gasteiger partial charge in [0, 0.05) is 17.5 Å². The first-order valence-electron chi connectivity index (χ1n) is 5.87. The van der Waals surface area contributed by atoms with E-state index in [1.807, 2.05) is 13.1 Å². The Morgan fingerprint density at radius 1 is 1.35 bits per heavy atom. The number of rotatable bonds is 5. The van der Waals surface area contributed by atoms with Crippen LogP contribution >= 0.6 is 11.3 Å². The summed E-state index contributed by atoms with van der Waals surface area (Å²) in [5.74, 6) is 0. The first-order valence-corrected chi connectivity index (χ1v) is 8.17. The normalized spacial score (nSPS) is 17.7. The maximum absolute atomic E-state index is 12.1. The highest BCUT2D eigenvalue weighted by molar-refractivity contribution is 7.91. The van der Waals surface area contributed by atoms with Crippen LogP contribution in [0, 0.1) is 0 Å². The summed E-state index contributed by atoms with van der Waals surface area (Å²) in [6, 6.07) is 3.69. The first-order chi connectivity index (χ1) is 8.12. The zero-order valence-electron chi connectivity index (χ0n) is 9.90. The van der Waals surface area contributed by atoms with Gasteiger partial charge in [-0.05, 0) is 32.0 Å². The van der Waals surface area contributed by atoms with Crippen LogP contribution in [0.3, 0.4) is 0 Å². The number of hydrogen-bond acceptors (Lipinski definition) is 4. The molecule has 0 amide bonds. The number of thiophene rings is 1. The van der Waals surface area contributed by atoms with E-state index in [0.29, 0.717) is 10.8 Å². The molecule has 0 aromatic carbocycles. The Balaban J connectivity index is 2.07. The van der Waals surface area contributed by atoms with Gasteiger partial charge in [0.1, 0.15) is 4.21 Å². The molecule has 96 valence electrons.